The van der Waals surface area contributed by atoms with Gasteiger partial charge in [0.15, 0.2) is 0 Å². The van der Waals surface area contributed by atoms with Crippen molar-refractivity contribution in [1.82, 2.24) is 4.31 Å². The molecule has 1 aliphatic carbocycles. The number of methoxy groups -OCH3 is 1. The van der Waals surface area contributed by atoms with Gasteiger partial charge in [0.05, 0.1) is 12.0 Å². The van der Waals surface area contributed by atoms with Crippen LogP contribution in [0.25, 0.3) is 0 Å². The van der Waals surface area contributed by atoms with Gasteiger partial charge in [-0.3, -0.25) is 9.59 Å². The molecule has 2 heterocycles. The topological polar surface area (TPSA) is 96.0 Å². The molecule has 8 nitrogen and oxygen atoms in total. The second-order valence-electron chi connectivity index (χ2n) is 9.72. The number of nitrogens with one attached hydrogen (secondary N) is 1. The van der Waals surface area contributed by atoms with E-state index in [1.54, 1.807) is 49.6 Å². The van der Waals surface area contributed by atoms with Gasteiger partial charge in [0.1, 0.15) is 5.75 Å². The quantitative estimate of drug-likeness (QED) is 0.660. The molecule has 2 aromatic carbocycles. The molecule has 0 spiro atoms. The zero-order valence-corrected chi connectivity index (χ0v) is 20.9. The van der Waals surface area contributed by atoms with Crippen LogP contribution in [-0.4, -0.2) is 50.8 Å². The minimum absolute atomic E-state index is 0.0380. The average molecular weight is 498 g/mol. The van der Waals surface area contributed by atoms with Crippen molar-refractivity contribution in [2.24, 2.45) is 11.8 Å². The summed E-state index contributed by atoms with van der Waals surface area (Å²) in [5, 5.41) is 2.91. The molecule has 35 heavy (non-hydrogen) atoms. The van der Waals surface area contributed by atoms with E-state index < -0.39 is 10.0 Å². The Bertz CT molecular complexity index is 1230. The number of hydrogen-bond donors (Lipinski definition) is 1. The molecule has 2 aromatic rings. The molecule has 2 aliphatic heterocycles. The molecule has 3 aliphatic rings. The Morgan fingerprint density at radius 3 is 2.29 bits per heavy atom. The number of carbonyl (C=O) groups is 2. The van der Waals surface area contributed by atoms with Crippen LogP contribution in [0.5, 0.6) is 5.75 Å². The second-order valence-corrected chi connectivity index (χ2v) is 11.7. The van der Waals surface area contributed by atoms with E-state index in [0.29, 0.717) is 43.8 Å². The molecule has 1 saturated heterocycles. The first-order valence-corrected chi connectivity index (χ1v) is 13.6. The summed E-state index contributed by atoms with van der Waals surface area (Å²) >= 11 is 0. The van der Waals surface area contributed by atoms with Crippen LogP contribution in [0, 0.1) is 11.8 Å². The maximum absolute atomic E-state index is 13.4. The molecule has 1 atom stereocenters. The summed E-state index contributed by atoms with van der Waals surface area (Å²) in [5.41, 5.74) is 2.43. The number of rotatable bonds is 6. The normalized spacial score (nSPS) is 21.0. The fraction of sp³-hybridized carbons (Fsp3) is 0.462. The van der Waals surface area contributed by atoms with E-state index in [1.807, 2.05) is 11.8 Å². The third kappa shape index (κ3) is 4.67. The standard InChI is InChI=1S/C26H31N3O5S/c1-17-15-20-16-23(9-10-24(20)29(17)26(31)19-3-4-19)35(32,33)28-13-11-18(12-14-28)25(30)27-21-5-7-22(34-2)8-6-21/h5-10,16-19H,3-4,11-15H2,1-2H3,(H,27,30). The Morgan fingerprint density at radius 2 is 1.66 bits per heavy atom. The smallest absolute Gasteiger partial charge is 0.243 e. The van der Waals surface area contributed by atoms with Crippen LogP contribution >= 0.6 is 0 Å². The number of nitrogens with zero attached hydrogens (tertiary/aromatic N) is 2. The molecule has 1 unspecified atom stereocenters. The van der Waals surface area contributed by atoms with Crippen LogP contribution in [0.4, 0.5) is 11.4 Å². The third-order valence-corrected chi connectivity index (χ3v) is 9.15. The number of fused-ring (bicyclic) bond motifs is 1. The number of sulfonamides is 1. The lowest BCUT2D eigenvalue weighted by atomic mass is 9.97. The average Bonchev–Trinajstić information content (AvgIpc) is 3.66. The Kier molecular flexibility index (Phi) is 6.31. The number of ether oxygens (including phenoxy) is 1. The lowest BCUT2D eigenvalue weighted by Crippen LogP contribution is -2.41. The van der Waals surface area contributed by atoms with E-state index in [4.69, 9.17) is 4.74 Å². The van der Waals surface area contributed by atoms with Crippen molar-refractivity contribution in [2.45, 2.75) is 50.0 Å². The first-order chi connectivity index (χ1) is 16.8. The van der Waals surface area contributed by atoms with Gasteiger partial charge in [-0.2, -0.15) is 4.31 Å². The highest BCUT2D eigenvalue weighted by Gasteiger charge is 2.40. The lowest BCUT2D eigenvalue weighted by Gasteiger charge is -2.30. The van der Waals surface area contributed by atoms with E-state index >= 15 is 0 Å². The predicted octanol–water partition coefficient (Wildman–Crippen LogP) is 3.42. The second kappa shape index (κ2) is 9.28. The fourth-order valence-corrected chi connectivity index (χ4v) is 6.58. The molecule has 5 rings (SSSR count). The van der Waals surface area contributed by atoms with Crippen molar-refractivity contribution in [3.8, 4) is 5.75 Å². The summed E-state index contributed by atoms with van der Waals surface area (Å²) in [7, 11) is -2.09. The van der Waals surface area contributed by atoms with Crippen LogP contribution in [0.1, 0.15) is 38.2 Å². The summed E-state index contributed by atoms with van der Waals surface area (Å²) in [5.74, 6) is 0.646. The molecule has 9 heteroatoms. The highest BCUT2D eigenvalue weighted by Crippen LogP contribution is 2.40. The Hall–Kier alpha value is -2.91. The Labute approximate surface area is 206 Å². The number of amides is 2. The van der Waals surface area contributed by atoms with Crippen LogP contribution in [0.3, 0.4) is 0 Å². The Balaban J connectivity index is 1.23. The van der Waals surface area contributed by atoms with Gasteiger partial charge in [-0.25, -0.2) is 8.42 Å². The number of piperidine rings is 1. The number of hydrogen-bond acceptors (Lipinski definition) is 5. The SMILES string of the molecule is COc1ccc(NC(=O)C2CCN(S(=O)(=O)c3ccc4c(c3)CC(C)N4C(=O)C3CC3)CC2)cc1. The van der Waals surface area contributed by atoms with E-state index in [2.05, 4.69) is 5.32 Å². The predicted molar refractivity (Wildman–Crippen MR) is 133 cm³/mol. The van der Waals surface area contributed by atoms with Gasteiger partial charge in [-0.15, -0.1) is 0 Å². The zero-order chi connectivity index (χ0) is 24.7. The van der Waals surface area contributed by atoms with Gasteiger partial charge in [0.25, 0.3) is 0 Å². The minimum Gasteiger partial charge on any atom is -0.497 e. The van der Waals surface area contributed by atoms with Crippen molar-refractivity contribution in [1.29, 1.82) is 0 Å². The molecular formula is C26H31N3O5S. The molecule has 2 amide bonds. The molecule has 1 N–H and O–H groups in total. The van der Waals surface area contributed by atoms with Crippen molar-refractivity contribution < 1.29 is 22.7 Å². The number of carbonyl (C=O) groups excluding carboxylic acids is 2. The number of benzene rings is 2. The summed E-state index contributed by atoms with van der Waals surface area (Å²) < 4.78 is 33.3. The molecule has 0 radical (unpaired) electrons. The summed E-state index contributed by atoms with van der Waals surface area (Å²) in [4.78, 5) is 27.5. The summed E-state index contributed by atoms with van der Waals surface area (Å²) in [6.45, 7) is 2.60. The van der Waals surface area contributed by atoms with Gasteiger partial charge >= 0.3 is 0 Å². The maximum atomic E-state index is 13.4. The van der Waals surface area contributed by atoms with Crippen LogP contribution < -0.4 is 15.0 Å². The van der Waals surface area contributed by atoms with Gasteiger partial charge in [0.2, 0.25) is 21.8 Å². The zero-order valence-electron chi connectivity index (χ0n) is 20.1. The van der Waals surface area contributed by atoms with E-state index in [-0.39, 0.29) is 34.6 Å². The molecular weight excluding hydrogens is 466 g/mol. The highest BCUT2D eigenvalue weighted by molar-refractivity contribution is 7.89. The molecule has 0 aromatic heterocycles. The minimum atomic E-state index is -3.67. The molecule has 186 valence electrons. The van der Waals surface area contributed by atoms with Crippen LogP contribution in [0.2, 0.25) is 0 Å². The van der Waals surface area contributed by atoms with Gasteiger partial charge in [0, 0.05) is 42.3 Å². The molecule has 2 fully saturated rings. The van der Waals surface area contributed by atoms with Crippen molar-refractivity contribution in [3.05, 3.63) is 48.0 Å². The van der Waals surface area contributed by atoms with E-state index in [9.17, 15) is 18.0 Å². The summed E-state index contributed by atoms with van der Waals surface area (Å²) in [6.07, 6.45) is 3.47. The Morgan fingerprint density at radius 1 is 0.971 bits per heavy atom. The first-order valence-electron chi connectivity index (χ1n) is 12.2. The molecule has 0 bridgehead atoms. The lowest BCUT2D eigenvalue weighted by molar-refractivity contribution is -0.121. The largest absolute Gasteiger partial charge is 0.497 e. The first kappa shape index (κ1) is 23.8. The van der Waals surface area contributed by atoms with Gasteiger partial charge in [-0.1, -0.05) is 0 Å². The van der Waals surface area contributed by atoms with Crippen LogP contribution in [-0.2, 0) is 26.0 Å². The van der Waals surface area contributed by atoms with Crippen molar-refractivity contribution in [3.63, 3.8) is 0 Å². The van der Waals surface area contributed by atoms with E-state index in [0.717, 1.165) is 24.1 Å². The van der Waals surface area contributed by atoms with Crippen molar-refractivity contribution in [2.75, 3.05) is 30.4 Å². The monoisotopic (exact) mass is 497 g/mol. The highest BCUT2D eigenvalue weighted by atomic mass is 32.2. The fourth-order valence-electron chi connectivity index (χ4n) is 5.06. The van der Waals surface area contributed by atoms with Crippen LogP contribution in [0.15, 0.2) is 47.4 Å². The summed E-state index contributed by atoms with van der Waals surface area (Å²) in [6, 6.07) is 12.3. The van der Waals surface area contributed by atoms with Crippen molar-refractivity contribution >= 4 is 33.2 Å². The van der Waals surface area contributed by atoms with E-state index in [1.165, 1.54) is 4.31 Å². The third-order valence-electron chi connectivity index (χ3n) is 7.25. The molecule has 1 saturated carbocycles. The number of anilines is 2. The van der Waals surface area contributed by atoms with Gasteiger partial charge < -0.3 is 15.0 Å². The van der Waals surface area contributed by atoms with Gasteiger partial charge in [-0.05, 0) is 87.1 Å². The maximum Gasteiger partial charge on any atom is 0.243 e.